The molecule has 1 N–H and O–H groups in total. The first-order chi connectivity index (χ1) is 14.2. The van der Waals surface area contributed by atoms with Gasteiger partial charge in [-0.2, -0.15) is 5.26 Å². The average Bonchev–Trinajstić information content (AvgIpc) is 2.75. The molecule has 0 radical (unpaired) electrons. The summed E-state index contributed by atoms with van der Waals surface area (Å²) in [5.74, 6) is 1.65. The van der Waals surface area contributed by atoms with Crippen LogP contribution < -0.4 is 19.5 Å². The van der Waals surface area contributed by atoms with Gasteiger partial charge in [-0.25, -0.2) is 0 Å². The Hall–Kier alpha value is -3.72. The first kappa shape index (κ1) is 20.0. The third-order valence-electron chi connectivity index (χ3n) is 4.29. The maximum Gasteiger partial charge on any atom is 0.234 e. The van der Waals surface area contributed by atoms with Crippen LogP contribution >= 0.6 is 0 Å². The van der Waals surface area contributed by atoms with Crippen LogP contribution in [0.5, 0.6) is 17.2 Å². The number of nitriles is 1. The standard InChI is InChI=1S/C23H22N2O4/c1-27-21-9-6-17(16-25-23(26)10-11-24)14-22(21)29-13-12-28-20-8-7-18-4-2-3-5-19(18)15-20/h2-9,14-15H,10,12-13,16H2,1H3,(H,25,26). The summed E-state index contributed by atoms with van der Waals surface area (Å²) in [6.07, 6.45) is -0.161. The van der Waals surface area contributed by atoms with Crippen LogP contribution in [-0.2, 0) is 11.3 Å². The van der Waals surface area contributed by atoms with Gasteiger partial charge in [0.2, 0.25) is 5.91 Å². The number of rotatable bonds is 9. The summed E-state index contributed by atoms with van der Waals surface area (Å²) in [5.41, 5.74) is 0.850. The zero-order valence-electron chi connectivity index (χ0n) is 16.2. The second kappa shape index (κ2) is 10.00. The molecule has 0 bridgehead atoms. The first-order valence-electron chi connectivity index (χ1n) is 9.24. The van der Waals surface area contributed by atoms with Crippen molar-refractivity contribution in [1.29, 1.82) is 5.26 Å². The van der Waals surface area contributed by atoms with E-state index in [1.807, 2.05) is 54.6 Å². The maximum atomic E-state index is 11.4. The van der Waals surface area contributed by atoms with Gasteiger partial charge in [0.25, 0.3) is 0 Å². The molecule has 0 saturated carbocycles. The highest BCUT2D eigenvalue weighted by Gasteiger charge is 2.08. The smallest absolute Gasteiger partial charge is 0.234 e. The van der Waals surface area contributed by atoms with Crippen LogP contribution in [0.15, 0.2) is 60.7 Å². The lowest BCUT2D eigenvalue weighted by Crippen LogP contribution is -2.21. The minimum Gasteiger partial charge on any atom is -0.493 e. The molecule has 0 aliphatic carbocycles. The summed E-state index contributed by atoms with van der Waals surface area (Å²) in [6.45, 7) is 1.03. The molecule has 6 heteroatoms. The number of carbonyl (C=O) groups is 1. The Kier molecular flexibility index (Phi) is 6.90. The molecule has 0 unspecified atom stereocenters. The summed E-state index contributed by atoms with van der Waals surface area (Å²) in [5, 5.41) is 13.5. The molecular formula is C23H22N2O4. The van der Waals surface area contributed by atoms with Crippen LogP contribution in [0.25, 0.3) is 10.8 Å². The van der Waals surface area contributed by atoms with E-state index in [-0.39, 0.29) is 12.3 Å². The molecule has 0 atom stereocenters. The predicted octanol–water partition coefficient (Wildman–Crippen LogP) is 3.84. The second-order valence-corrected chi connectivity index (χ2v) is 6.30. The fourth-order valence-corrected chi connectivity index (χ4v) is 2.85. The van der Waals surface area contributed by atoms with Crippen molar-refractivity contribution < 1.29 is 19.0 Å². The number of nitrogens with zero attached hydrogens (tertiary/aromatic N) is 1. The molecule has 6 nitrogen and oxygen atoms in total. The van der Waals surface area contributed by atoms with Gasteiger partial charge in [0.1, 0.15) is 25.4 Å². The number of ether oxygens (including phenoxy) is 3. The van der Waals surface area contributed by atoms with Gasteiger partial charge in [-0.15, -0.1) is 0 Å². The molecule has 0 saturated heterocycles. The third kappa shape index (κ3) is 5.63. The van der Waals surface area contributed by atoms with Gasteiger partial charge < -0.3 is 19.5 Å². The van der Waals surface area contributed by atoms with E-state index in [0.29, 0.717) is 31.3 Å². The molecule has 1 amide bonds. The molecule has 0 heterocycles. The molecule has 0 fully saturated rings. The SMILES string of the molecule is COc1ccc(CNC(=O)CC#N)cc1OCCOc1ccc2ccccc2c1. The number of nitrogens with one attached hydrogen (secondary N) is 1. The Balaban J connectivity index is 1.55. The summed E-state index contributed by atoms with van der Waals surface area (Å²) < 4.78 is 16.9. The van der Waals surface area contributed by atoms with Crippen molar-refractivity contribution >= 4 is 16.7 Å². The molecule has 148 valence electrons. The first-order valence-corrected chi connectivity index (χ1v) is 9.24. The van der Waals surface area contributed by atoms with E-state index in [1.165, 1.54) is 5.39 Å². The number of amides is 1. The predicted molar refractivity (Wildman–Crippen MR) is 110 cm³/mol. The van der Waals surface area contributed by atoms with Crippen molar-refractivity contribution in [3.05, 3.63) is 66.2 Å². The van der Waals surface area contributed by atoms with E-state index in [0.717, 1.165) is 16.7 Å². The fourth-order valence-electron chi connectivity index (χ4n) is 2.85. The third-order valence-corrected chi connectivity index (χ3v) is 4.29. The topological polar surface area (TPSA) is 80.6 Å². The molecule has 3 aromatic rings. The number of hydrogen-bond donors (Lipinski definition) is 1. The zero-order chi connectivity index (χ0) is 20.5. The molecule has 0 aliphatic heterocycles. The van der Waals surface area contributed by atoms with Crippen LogP contribution in [0.4, 0.5) is 0 Å². The van der Waals surface area contributed by atoms with Crippen molar-refractivity contribution in [3.63, 3.8) is 0 Å². The van der Waals surface area contributed by atoms with E-state index in [4.69, 9.17) is 19.5 Å². The minimum atomic E-state index is -0.311. The van der Waals surface area contributed by atoms with Crippen LogP contribution in [0.2, 0.25) is 0 Å². The zero-order valence-corrected chi connectivity index (χ0v) is 16.2. The van der Waals surface area contributed by atoms with Crippen LogP contribution in [0.1, 0.15) is 12.0 Å². The lowest BCUT2D eigenvalue weighted by molar-refractivity contribution is -0.120. The Labute approximate surface area is 169 Å². The van der Waals surface area contributed by atoms with E-state index >= 15 is 0 Å². The van der Waals surface area contributed by atoms with Crippen LogP contribution in [0.3, 0.4) is 0 Å². The van der Waals surface area contributed by atoms with Crippen molar-refractivity contribution in [3.8, 4) is 23.3 Å². The van der Waals surface area contributed by atoms with Crippen molar-refractivity contribution in [2.75, 3.05) is 20.3 Å². The Morgan fingerprint density at radius 1 is 0.966 bits per heavy atom. The number of benzene rings is 3. The minimum absolute atomic E-state index is 0.161. The van der Waals surface area contributed by atoms with Gasteiger partial charge in [-0.1, -0.05) is 36.4 Å². The van der Waals surface area contributed by atoms with Crippen molar-refractivity contribution in [1.82, 2.24) is 5.32 Å². The Morgan fingerprint density at radius 3 is 2.55 bits per heavy atom. The largest absolute Gasteiger partial charge is 0.493 e. The van der Waals surface area contributed by atoms with E-state index in [1.54, 1.807) is 13.2 Å². The van der Waals surface area contributed by atoms with Crippen molar-refractivity contribution in [2.45, 2.75) is 13.0 Å². The Bertz CT molecular complexity index is 1030. The number of hydrogen-bond acceptors (Lipinski definition) is 5. The van der Waals surface area contributed by atoms with Gasteiger partial charge in [0.05, 0.1) is 13.2 Å². The lowest BCUT2D eigenvalue weighted by atomic mass is 10.1. The summed E-state index contributed by atoms with van der Waals surface area (Å²) in [7, 11) is 1.57. The molecular weight excluding hydrogens is 368 g/mol. The Morgan fingerprint density at radius 2 is 1.76 bits per heavy atom. The monoisotopic (exact) mass is 390 g/mol. The maximum absolute atomic E-state index is 11.4. The quantitative estimate of drug-likeness (QED) is 0.562. The summed E-state index contributed by atoms with van der Waals surface area (Å²) in [6, 6.07) is 21.3. The van der Waals surface area contributed by atoms with Gasteiger partial charge in [0, 0.05) is 6.54 Å². The van der Waals surface area contributed by atoms with Gasteiger partial charge in [-0.3, -0.25) is 4.79 Å². The molecule has 0 aliphatic rings. The average molecular weight is 390 g/mol. The molecule has 0 aromatic heterocycles. The second-order valence-electron chi connectivity index (χ2n) is 6.30. The fraction of sp³-hybridized carbons (Fsp3) is 0.217. The molecule has 3 rings (SSSR count). The number of carbonyl (C=O) groups excluding carboxylic acids is 1. The normalized spacial score (nSPS) is 10.2. The van der Waals surface area contributed by atoms with E-state index in [2.05, 4.69) is 11.4 Å². The van der Waals surface area contributed by atoms with Crippen molar-refractivity contribution in [2.24, 2.45) is 0 Å². The van der Waals surface area contributed by atoms with Gasteiger partial charge in [0.15, 0.2) is 11.5 Å². The number of methoxy groups -OCH3 is 1. The number of fused-ring (bicyclic) bond motifs is 1. The summed E-state index contributed by atoms with van der Waals surface area (Å²) in [4.78, 5) is 11.4. The molecule has 3 aromatic carbocycles. The highest BCUT2D eigenvalue weighted by molar-refractivity contribution is 5.83. The highest BCUT2D eigenvalue weighted by atomic mass is 16.5. The van der Waals surface area contributed by atoms with Crippen LogP contribution in [0, 0.1) is 11.3 Å². The molecule has 0 spiro atoms. The highest BCUT2D eigenvalue weighted by Crippen LogP contribution is 2.28. The van der Waals surface area contributed by atoms with Crippen LogP contribution in [-0.4, -0.2) is 26.2 Å². The van der Waals surface area contributed by atoms with E-state index in [9.17, 15) is 4.79 Å². The van der Waals surface area contributed by atoms with Gasteiger partial charge in [-0.05, 0) is 40.6 Å². The van der Waals surface area contributed by atoms with E-state index < -0.39 is 0 Å². The molecule has 29 heavy (non-hydrogen) atoms. The summed E-state index contributed by atoms with van der Waals surface area (Å²) >= 11 is 0. The lowest BCUT2D eigenvalue weighted by Gasteiger charge is -2.13. The van der Waals surface area contributed by atoms with Gasteiger partial charge >= 0.3 is 0 Å².